The Morgan fingerprint density at radius 2 is 1.96 bits per heavy atom. The van der Waals surface area contributed by atoms with Crippen LogP contribution in [0.25, 0.3) is 11.1 Å². The fourth-order valence-corrected chi connectivity index (χ4v) is 3.59. The van der Waals surface area contributed by atoms with Crippen molar-refractivity contribution in [3.8, 4) is 0 Å². The van der Waals surface area contributed by atoms with Crippen LogP contribution in [-0.4, -0.2) is 25.4 Å². The lowest BCUT2D eigenvalue weighted by molar-refractivity contribution is 0.0951. The van der Waals surface area contributed by atoms with Crippen LogP contribution in [0, 0.1) is 0 Å². The van der Waals surface area contributed by atoms with Gasteiger partial charge in [0, 0.05) is 23.4 Å². The van der Waals surface area contributed by atoms with Crippen molar-refractivity contribution >= 4 is 32.7 Å². The summed E-state index contributed by atoms with van der Waals surface area (Å²) < 4.78 is 32.5. The van der Waals surface area contributed by atoms with Crippen LogP contribution in [0.2, 0.25) is 0 Å². The van der Waals surface area contributed by atoms with E-state index in [-0.39, 0.29) is 28.1 Å². The second kappa shape index (κ2) is 6.03. The number of rotatable bonds is 5. The van der Waals surface area contributed by atoms with E-state index in [0.717, 1.165) is 12.8 Å². The number of H-pyrrole nitrogens is 1. The van der Waals surface area contributed by atoms with E-state index in [4.69, 9.17) is 4.42 Å². The molecule has 0 bridgehead atoms. The molecule has 1 heterocycles. The third-order valence-electron chi connectivity index (χ3n) is 3.99. The number of carbonyl (C=O) groups excluding carboxylic acids is 1. The monoisotopic (exact) mass is 373 g/mol. The molecule has 1 amide bonds. The Bertz CT molecular complexity index is 1160. The van der Waals surface area contributed by atoms with Crippen LogP contribution >= 0.6 is 0 Å². The van der Waals surface area contributed by atoms with Gasteiger partial charge in [0.2, 0.25) is 0 Å². The summed E-state index contributed by atoms with van der Waals surface area (Å²) in [5.41, 5.74) is 1.20. The lowest BCUT2D eigenvalue weighted by atomic mass is 10.2. The zero-order chi connectivity index (χ0) is 18.3. The average Bonchev–Trinajstić information content (AvgIpc) is 3.32. The highest BCUT2D eigenvalue weighted by atomic mass is 32.2. The summed E-state index contributed by atoms with van der Waals surface area (Å²) in [6.07, 6.45) is 1.94. The molecule has 3 aromatic rings. The topological polar surface area (TPSA) is 121 Å². The molecule has 0 unspecified atom stereocenters. The fraction of sp³-hybridized carbons (Fsp3) is 0.176. The highest BCUT2D eigenvalue weighted by molar-refractivity contribution is 7.92. The van der Waals surface area contributed by atoms with E-state index in [2.05, 4.69) is 15.0 Å². The SMILES string of the molecule is O=C(NC1CC1)c1cccc(NS(=O)(=O)c2ccc3[nH]c(=O)oc3c2)c1. The molecule has 1 fully saturated rings. The Morgan fingerprint density at radius 1 is 1.15 bits per heavy atom. The minimum absolute atomic E-state index is 0.0550. The molecular formula is C17H15N3O5S. The molecule has 0 atom stereocenters. The third kappa shape index (κ3) is 3.33. The van der Waals surface area contributed by atoms with Crippen molar-refractivity contribution in [3.63, 3.8) is 0 Å². The maximum atomic E-state index is 12.6. The lowest BCUT2D eigenvalue weighted by Gasteiger charge is -2.10. The largest absolute Gasteiger partial charge is 0.417 e. The number of nitrogens with one attached hydrogen (secondary N) is 3. The zero-order valence-electron chi connectivity index (χ0n) is 13.5. The molecule has 134 valence electrons. The first-order chi connectivity index (χ1) is 12.4. The zero-order valence-corrected chi connectivity index (χ0v) is 14.3. The van der Waals surface area contributed by atoms with Crippen molar-refractivity contribution in [3.05, 3.63) is 58.6 Å². The van der Waals surface area contributed by atoms with Crippen molar-refractivity contribution in [1.82, 2.24) is 10.3 Å². The molecule has 1 aromatic heterocycles. The van der Waals surface area contributed by atoms with Crippen molar-refractivity contribution in [2.75, 3.05) is 4.72 Å². The number of aromatic nitrogens is 1. The predicted molar refractivity (Wildman–Crippen MR) is 94.6 cm³/mol. The van der Waals surface area contributed by atoms with E-state index in [0.29, 0.717) is 11.1 Å². The van der Waals surface area contributed by atoms with Gasteiger partial charge in [-0.05, 0) is 43.2 Å². The van der Waals surface area contributed by atoms with E-state index in [9.17, 15) is 18.0 Å². The molecule has 26 heavy (non-hydrogen) atoms. The summed E-state index contributed by atoms with van der Waals surface area (Å²) in [5, 5.41) is 2.85. The van der Waals surface area contributed by atoms with Gasteiger partial charge in [0.05, 0.1) is 10.4 Å². The first-order valence-electron chi connectivity index (χ1n) is 7.97. The van der Waals surface area contributed by atoms with Crippen LogP contribution in [0.4, 0.5) is 5.69 Å². The number of oxazole rings is 1. The lowest BCUT2D eigenvalue weighted by Crippen LogP contribution is -2.25. The minimum Gasteiger partial charge on any atom is -0.408 e. The first kappa shape index (κ1) is 16.4. The highest BCUT2D eigenvalue weighted by Gasteiger charge is 2.24. The number of aromatic amines is 1. The fourth-order valence-electron chi connectivity index (χ4n) is 2.53. The van der Waals surface area contributed by atoms with Crippen molar-refractivity contribution in [2.45, 2.75) is 23.8 Å². The Hall–Kier alpha value is -3.07. The van der Waals surface area contributed by atoms with Crippen LogP contribution in [0.1, 0.15) is 23.2 Å². The second-order valence-corrected chi connectivity index (χ2v) is 7.79. The molecule has 1 saturated carbocycles. The highest BCUT2D eigenvalue weighted by Crippen LogP contribution is 2.22. The number of hydrogen-bond donors (Lipinski definition) is 3. The summed E-state index contributed by atoms with van der Waals surface area (Å²) in [4.78, 5) is 25.7. The molecule has 0 aliphatic heterocycles. The summed E-state index contributed by atoms with van der Waals surface area (Å²) in [5.74, 6) is -0.888. The molecule has 0 saturated heterocycles. The molecule has 4 rings (SSSR count). The molecule has 0 spiro atoms. The first-order valence-corrected chi connectivity index (χ1v) is 9.46. The number of carbonyl (C=O) groups is 1. The molecule has 2 aromatic carbocycles. The second-order valence-electron chi connectivity index (χ2n) is 6.11. The molecule has 1 aliphatic rings. The third-order valence-corrected chi connectivity index (χ3v) is 5.37. The number of benzene rings is 2. The van der Waals surface area contributed by atoms with E-state index < -0.39 is 15.8 Å². The summed E-state index contributed by atoms with van der Waals surface area (Å²) in [7, 11) is -3.91. The van der Waals surface area contributed by atoms with Crippen LogP contribution < -0.4 is 15.8 Å². The van der Waals surface area contributed by atoms with E-state index in [1.165, 1.54) is 24.3 Å². The Morgan fingerprint density at radius 3 is 2.73 bits per heavy atom. The number of fused-ring (bicyclic) bond motifs is 1. The Labute approximate surface area is 148 Å². The van der Waals surface area contributed by atoms with Gasteiger partial charge in [0.1, 0.15) is 0 Å². The standard InChI is InChI=1S/C17H15N3O5S/c21-16(18-11-4-5-11)10-2-1-3-12(8-10)20-26(23,24)13-6-7-14-15(9-13)25-17(22)19-14/h1-3,6-9,11,20H,4-5H2,(H,18,21)(H,19,22). The number of hydrogen-bond acceptors (Lipinski definition) is 5. The molecular weight excluding hydrogens is 358 g/mol. The number of anilines is 1. The molecule has 1 aliphatic carbocycles. The van der Waals surface area contributed by atoms with E-state index >= 15 is 0 Å². The van der Waals surface area contributed by atoms with Crippen LogP contribution in [0.15, 0.2) is 56.6 Å². The van der Waals surface area contributed by atoms with E-state index in [1.807, 2.05) is 0 Å². The van der Waals surface area contributed by atoms with Crippen LogP contribution in [0.5, 0.6) is 0 Å². The smallest absolute Gasteiger partial charge is 0.408 e. The molecule has 8 nitrogen and oxygen atoms in total. The van der Waals surface area contributed by atoms with Crippen LogP contribution in [0.3, 0.4) is 0 Å². The normalized spacial score (nSPS) is 14.3. The summed E-state index contributed by atoms with van der Waals surface area (Å²) >= 11 is 0. The summed E-state index contributed by atoms with van der Waals surface area (Å²) in [6.45, 7) is 0. The Balaban J connectivity index is 1.60. The maximum absolute atomic E-state index is 12.6. The van der Waals surface area contributed by atoms with Gasteiger partial charge in [-0.15, -0.1) is 0 Å². The number of amides is 1. The Kier molecular flexibility index (Phi) is 3.80. The van der Waals surface area contributed by atoms with Gasteiger partial charge in [-0.3, -0.25) is 14.5 Å². The van der Waals surface area contributed by atoms with Crippen molar-refractivity contribution in [1.29, 1.82) is 0 Å². The van der Waals surface area contributed by atoms with Crippen LogP contribution in [-0.2, 0) is 10.0 Å². The van der Waals surface area contributed by atoms with Gasteiger partial charge in [0.25, 0.3) is 15.9 Å². The maximum Gasteiger partial charge on any atom is 0.417 e. The van der Waals surface area contributed by atoms with Gasteiger partial charge in [-0.2, -0.15) is 0 Å². The van der Waals surface area contributed by atoms with Crippen molar-refractivity contribution < 1.29 is 17.6 Å². The average molecular weight is 373 g/mol. The van der Waals surface area contributed by atoms with Gasteiger partial charge in [0.15, 0.2) is 5.58 Å². The van der Waals surface area contributed by atoms with Gasteiger partial charge in [-0.25, -0.2) is 13.2 Å². The van der Waals surface area contributed by atoms with Gasteiger partial charge in [-0.1, -0.05) is 6.07 Å². The summed E-state index contributed by atoms with van der Waals surface area (Å²) in [6, 6.07) is 10.5. The molecule has 3 N–H and O–H groups in total. The van der Waals surface area contributed by atoms with Gasteiger partial charge >= 0.3 is 5.76 Å². The van der Waals surface area contributed by atoms with E-state index in [1.54, 1.807) is 18.2 Å². The quantitative estimate of drug-likeness (QED) is 0.630. The predicted octanol–water partition coefficient (Wildman–Crippen LogP) is 1.81. The van der Waals surface area contributed by atoms with Gasteiger partial charge < -0.3 is 9.73 Å². The molecule has 9 heteroatoms. The molecule has 0 radical (unpaired) electrons. The van der Waals surface area contributed by atoms with Crippen molar-refractivity contribution in [2.24, 2.45) is 0 Å². The minimum atomic E-state index is -3.91. The number of sulfonamides is 1.